The van der Waals surface area contributed by atoms with E-state index in [-0.39, 0.29) is 0 Å². The van der Waals surface area contributed by atoms with Gasteiger partial charge in [0.15, 0.2) is 11.0 Å². The number of hydrogen-bond acceptors (Lipinski definition) is 3. The van der Waals surface area contributed by atoms with Crippen molar-refractivity contribution < 1.29 is 8.42 Å². The van der Waals surface area contributed by atoms with Crippen molar-refractivity contribution in [2.75, 3.05) is 9.44 Å². The molecule has 0 bridgehead atoms. The molecule has 3 aromatic carbocycles. The molecule has 2 atom stereocenters. The molecule has 31 heavy (non-hydrogen) atoms. The molecule has 0 fully saturated rings. The molecule has 0 amide bonds. The Labute approximate surface area is 194 Å². The van der Waals surface area contributed by atoms with Crippen molar-refractivity contribution in [1.82, 2.24) is 9.97 Å². The van der Waals surface area contributed by atoms with Crippen LogP contribution < -0.4 is 9.44 Å². The van der Waals surface area contributed by atoms with E-state index in [0.29, 0.717) is 42.2 Å². The van der Waals surface area contributed by atoms with Crippen molar-refractivity contribution in [2.45, 2.75) is 23.6 Å². The topological polar surface area (TPSA) is 86.9 Å². The largest absolute Gasteiger partial charge is 0.345 e. The first-order valence-corrected chi connectivity index (χ1v) is 12.2. The number of benzene rings is 3. The normalized spacial score (nSPS) is 13.2. The molecule has 0 aliphatic rings. The summed E-state index contributed by atoms with van der Waals surface area (Å²) in [6, 6.07) is 14.0. The minimum atomic E-state index is -1.66. The molecule has 4 aromatic rings. The number of anilines is 2. The fourth-order valence-corrected chi connectivity index (χ4v) is 5.51. The SMILES string of the molecule is Cc1c(Cl)cccc1NS(=O)c1cc(S(=O)Nc2cccc(Cl)c2C)c2nc[nH]c2c1. The van der Waals surface area contributed by atoms with Gasteiger partial charge in [-0.15, -0.1) is 0 Å². The van der Waals surface area contributed by atoms with Gasteiger partial charge in [0.2, 0.25) is 0 Å². The molecule has 10 heteroatoms. The van der Waals surface area contributed by atoms with Gasteiger partial charge in [0.25, 0.3) is 0 Å². The number of fused-ring (bicyclic) bond motifs is 1. The Morgan fingerprint density at radius 1 is 0.871 bits per heavy atom. The van der Waals surface area contributed by atoms with Gasteiger partial charge in [-0.25, -0.2) is 13.4 Å². The third-order valence-corrected chi connectivity index (χ3v) is 7.82. The van der Waals surface area contributed by atoms with Crippen LogP contribution in [0.15, 0.2) is 64.6 Å². The van der Waals surface area contributed by atoms with Crippen molar-refractivity contribution >= 4 is 67.6 Å². The molecule has 0 spiro atoms. The lowest BCUT2D eigenvalue weighted by Crippen LogP contribution is -2.10. The molecule has 0 aliphatic heterocycles. The number of nitrogens with one attached hydrogen (secondary N) is 3. The molecular formula is C21H18Cl2N4O2S2. The molecule has 0 saturated carbocycles. The van der Waals surface area contributed by atoms with Gasteiger partial charge in [0, 0.05) is 10.0 Å². The van der Waals surface area contributed by atoms with E-state index in [2.05, 4.69) is 19.4 Å². The lowest BCUT2D eigenvalue weighted by atomic mass is 10.2. The third kappa shape index (κ3) is 4.48. The van der Waals surface area contributed by atoms with Gasteiger partial charge in [0.1, 0.15) is 16.5 Å². The second-order valence-electron chi connectivity index (χ2n) is 6.79. The molecule has 1 heterocycles. The zero-order valence-corrected chi connectivity index (χ0v) is 19.7. The predicted molar refractivity (Wildman–Crippen MR) is 129 cm³/mol. The van der Waals surface area contributed by atoms with Crippen molar-refractivity contribution in [3.8, 4) is 0 Å². The highest BCUT2D eigenvalue weighted by molar-refractivity contribution is 7.87. The Hall–Kier alpha value is -2.39. The van der Waals surface area contributed by atoms with E-state index in [1.807, 2.05) is 13.8 Å². The number of imidazole rings is 1. The maximum atomic E-state index is 13.2. The van der Waals surface area contributed by atoms with Crippen LogP contribution >= 0.6 is 23.2 Å². The van der Waals surface area contributed by atoms with Crippen molar-refractivity contribution in [2.24, 2.45) is 0 Å². The first-order chi connectivity index (χ1) is 14.8. The van der Waals surface area contributed by atoms with Gasteiger partial charge in [-0.2, -0.15) is 0 Å². The number of halogens is 2. The summed E-state index contributed by atoms with van der Waals surface area (Å²) in [5, 5.41) is 1.15. The molecule has 4 rings (SSSR count). The maximum Gasteiger partial charge on any atom is 0.152 e. The maximum absolute atomic E-state index is 13.2. The van der Waals surface area contributed by atoms with Crippen LogP contribution in [-0.2, 0) is 22.0 Å². The lowest BCUT2D eigenvalue weighted by molar-refractivity contribution is 0.685. The second kappa shape index (κ2) is 9.00. The van der Waals surface area contributed by atoms with Gasteiger partial charge >= 0.3 is 0 Å². The summed E-state index contributed by atoms with van der Waals surface area (Å²) in [7, 11) is -3.28. The minimum absolute atomic E-state index is 0.408. The minimum Gasteiger partial charge on any atom is -0.345 e. The number of aromatic nitrogens is 2. The summed E-state index contributed by atoms with van der Waals surface area (Å²) in [5.41, 5.74) is 4.05. The zero-order valence-electron chi connectivity index (χ0n) is 16.5. The summed E-state index contributed by atoms with van der Waals surface area (Å²) in [4.78, 5) is 8.14. The Balaban J connectivity index is 1.69. The van der Waals surface area contributed by atoms with E-state index in [4.69, 9.17) is 23.2 Å². The number of H-pyrrole nitrogens is 1. The van der Waals surface area contributed by atoms with E-state index < -0.39 is 22.0 Å². The standard InChI is InChI=1S/C21H18Cl2N4O2S2/c1-12-15(22)5-3-7-17(12)26-30(28)14-9-19-21(25-11-24-19)20(10-14)31(29)27-18-8-4-6-16(23)13(18)2/h3-11,26-27H,1-2H3,(H,24,25). The molecular weight excluding hydrogens is 475 g/mol. The molecule has 1 aromatic heterocycles. The van der Waals surface area contributed by atoms with E-state index >= 15 is 0 Å². The molecule has 160 valence electrons. The van der Waals surface area contributed by atoms with Crippen LogP contribution in [-0.4, -0.2) is 18.4 Å². The molecule has 3 N–H and O–H groups in total. The van der Waals surface area contributed by atoms with Gasteiger partial charge < -0.3 is 14.4 Å². The Morgan fingerprint density at radius 3 is 2.06 bits per heavy atom. The van der Waals surface area contributed by atoms with Gasteiger partial charge in [0.05, 0.1) is 33.0 Å². The quantitative estimate of drug-likeness (QED) is 0.319. The number of aromatic amines is 1. The highest BCUT2D eigenvalue weighted by Gasteiger charge is 2.17. The van der Waals surface area contributed by atoms with Gasteiger partial charge in [-0.1, -0.05) is 35.3 Å². The number of rotatable bonds is 6. The van der Waals surface area contributed by atoms with E-state index in [0.717, 1.165) is 11.1 Å². The summed E-state index contributed by atoms with van der Waals surface area (Å²) < 4.78 is 32.2. The van der Waals surface area contributed by atoms with Crippen LogP contribution in [0, 0.1) is 13.8 Å². The van der Waals surface area contributed by atoms with Crippen LogP contribution in [0.3, 0.4) is 0 Å². The smallest absolute Gasteiger partial charge is 0.152 e. The lowest BCUT2D eigenvalue weighted by Gasteiger charge is -2.13. The van der Waals surface area contributed by atoms with Crippen LogP contribution in [0.2, 0.25) is 10.0 Å². The summed E-state index contributed by atoms with van der Waals surface area (Å²) in [6.45, 7) is 3.69. The Bertz CT molecular complexity index is 1340. The van der Waals surface area contributed by atoms with Gasteiger partial charge in [-0.3, -0.25) is 0 Å². The summed E-state index contributed by atoms with van der Waals surface area (Å²) in [5.74, 6) is 0. The molecule has 0 aliphatic carbocycles. The third-order valence-electron chi connectivity index (χ3n) is 4.82. The molecule has 2 unspecified atom stereocenters. The monoisotopic (exact) mass is 492 g/mol. The highest BCUT2D eigenvalue weighted by atomic mass is 35.5. The van der Waals surface area contributed by atoms with Crippen molar-refractivity contribution in [1.29, 1.82) is 0 Å². The van der Waals surface area contributed by atoms with Crippen LogP contribution in [0.1, 0.15) is 11.1 Å². The molecule has 0 radical (unpaired) electrons. The molecule has 0 saturated heterocycles. The second-order valence-corrected chi connectivity index (χ2v) is 10.00. The van der Waals surface area contributed by atoms with Crippen LogP contribution in [0.4, 0.5) is 11.4 Å². The summed E-state index contributed by atoms with van der Waals surface area (Å²) >= 11 is 12.3. The zero-order chi connectivity index (χ0) is 22.1. The van der Waals surface area contributed by atoms with Crippen LogP contribution in [0.5, 0.6) is 0 Å². The number of nitrogens with zero attached hydrogens (tertiary/aromatic N) is 1. The van der Waals surface area contributed by atoms with Gasteiger partial charge in [-0.05, 0) is 61.4 Å². The fraction of sp³-hybridized carbons (Fsp3) is 0.0952. The Morgan fingerprint density at radius 2 is 1.45 bits per heavy atom. The van der Waals surface area contributed by atoms with Crippen molar-refractivity contribution in [3.63, 3.8) is 0 Å². The summed E-state index contributed by atoms with van der Waals surface area (Å²) in [6.07, 6.45) is 1.51. The fourth-order valence-electron chi connectivity index (χ4n) is 2.99. The number of hydrogen-bond donors (Lipinski definition) is 3. The first kappa shape index (κ1) is 21.8. The highest BCUT2D eigenvalue weighted by Crippen LogP contribution is 2.29. The van der Waals surface area contributed by atoms with Crippen LogP contribution in [0.25, 0.3) is 11.0 Å². The van der Waals surface area contributed by atoms with E-state index in [1.54, 1.807) is 48.5 Å². The average molecular weight is 493 g/mol. The van der Waals surface area contributed by atoms with E-state index in [9.17, 15) is 8.42 Å². The molecule has 6 nitrogen and oxygen atoms in total. The van der Waals surface area contributed by atoms with E-state index in [1.165, 1.54) is 6.33 Å². The first-order valence-electron chi connectivity index (χ1n) is 9.19. The Kier molecular flexibility index (Phi) is 6.34. The predicted octanol–water partition coefficient (Wildman–Crippen LogP) is 5.76. The van der Waals surface area contributed by atoms with Crippen molar-refractivity contribution in [3.05, 3.63) is 76.0 Å². The average Bonchev–Trinajstić information content (AvgIpc) is 3.22.